The van der Waals surface area contributed by atoms with Gasteiger partial charge in [0.05, 0.1) is 45.0 Å². The minimum atomic E-state index is -2.00. The second kappa shape index (κ2) is 25.8. The molecule has 2 heterocycles. The molecule has 4 aromatic carbocycles. The molecule has 7 N–H and O–H groups in total. The molecule has 0 bridgehead atoms. The Hall–Kier alpha value is -6.73. The monoisotopic (exact) mass is 1110 g/mol. The van der Waals surface area contributed by atoms with Crippen molar-refractivity contribution in [2.75, 3.05) is 32.1 Å². The molecule has 4 aromatic rings. The van der Waals surface area contributed by atoms with Gasteiger partial charge in [-0.05, 0) is 136 Å². The van der Waals surface area contributed by atoms with Crippen LogP contribution in [0.3, 0.4) is 0 Å². The average Bonchev–Trinajstić information content (AvgIpc) is 4.04. The number of carbonyl (C=O) groups excluding carboxylic acids is 7. The van der Waals surface area contributed by atoms with E-state index in [1.54, 1.807) is 62.0 Å². The van der Waals surface area contributed by atoms with E-state index in [0.717, 1.165) is 60.8 Å². The van der Waals surface area contributed by atoms with E-state index in [1.807, 2.05) is 69.3 Å². The summed E-state index contributed by atoms with van der Waals surface area (Å²) < 4.78 is 6.44. The highest BCUT2D eigenvalue weighted by molar-refractivity contribution is 6.79. The van der Waals surface area contributed by atoms with E-state index in [2.05, 4.69) is 74.6 Å². The van der Waals surface area contributed by atoms with Crippen molar-refractivity contribution in [1.82, 2.24) is 41.7 Å². The largest absolute Gasteiger partial charge is 0.372 e. The minimum absolute atomic E-state index is 0.124. The van der Waals surface area contributed by atoms with Crippen molar-refractivity contribution in [3.8, 4) is 0 Å². The van der Waals surface area contributed by atoms with E-state index in [0.29, 0.717) is 23.5 Å². The molecule has 7 amide bonds. The molecule has 2 saturated heterocycles. The minimum Gasteiger partial charge on any atom is -0.372 e. The summed E-state index contributed by atoms with van der Waals surface area (Å²) in [6, 6.07) is 26.4. The van der Waals surface area contributed by atoms with Crippen molar-refractivity contribution in [2.24, 2.45) is 5.41 Å². The summed E-state index contributed by atoms with van der Waals surface area (Å²) >= 11 is 0. The molecule has 4 aliphatic rings. The third kappa shape index (κ3) is 14.4. The molecule has 18 heteroatoms. The molecular weight excluding hydrogens is 1030 g/mol. The van der Waals surface area contributed by atoms with Crippen LogP contribution in [0.4, 0.5) is 5.69 Å². The van der Waals surface area contributed by atoms with E-state index in [9.17, 15) is 33.6 Å². The fourth-order valence-electron chi connectivity index (χ4n) is 11.7. The summed E-state index contributed by atoms with van der Waals surface area (Å²) in [7, 11) is 1.36. The third-order valence-electron chi connectivity index (χ3n) is 16.5. The van der Waals surface area contributed by atoms with Crippen LogP contribution in [0, 0.1) is 5.41 Å². The number of ether oxygens (including phenoxy) is 1. The number of anilines is 1. The van der Waals surface area contributed by atoms with E-state index in [1.165, 1.54) is 11.1 Å². The molecular formula is C62H83N9O8Si. The summed E-state index contributed by atoms with van der Waals surface area (Å²) in [6.45, 7) is 13.8. The number of nitrogens with zero attached hydrogens (tertiary/aromatic N) is 2. The molecule has 9 atom stereocenters. The number of aryl methyl sites for hydroxylation is 2. The first-order valence-corrected chi connectivity index (χ1v) is 32.0. The molecule has 2 fully saturated rings. The normalized spacial score (nSPS) is 21.9. The van der Waals surface area contributed by atoms with Crippen molar-refractivity contribution in [1.29, 1.82) is 0 Å². The number of hydrogen-bond acceptors (Lipinski definition) is 10. The lowest BCUT2D eigenvalue weighted by Crippen LogP contribution is -2.59. The topological polar surface area (TPSA) is 219 Å². The smallest absolute Gasteiger partial charge is 0.255 e. The molecule has 2 aliphatic heterocycles. The van der Waals surface area contributed by atoms with Gasteiger partial charge in [-0.25, -0.2) is 0 Å². The first-order valence-electron chi connectivity index (χ1n) is 28.6. The molecule has 80 heavy (non-hydrogen) atoms. The van der Waals surface area contributed by atoms with Crippen LogP contribution in [-0.4, -0.2) is 128 Å². The Morgan fingerprint density at radius 2 is 1.20 bits per heavy atom. The van der Waals surface area contributed by atoms with Gasteiger partial charge in [-0.2, -0.15) is 0 Å². The number of amides is 7. The number of benzene rings is 4. The van der Waals surface area contributed by atoms with Gasteiger partial charge >= 0.3 is 0 Å². The van der Waals surface area contributed by atoms with Crippen molar-refractivity contribution in [3.05, 3.63) is 136 Å². The lowest BCUT2D eigenvalue weighted by molar-refractivity contribution is -0.144. The van der Waals surface area contributed by atoms with Gasteiger partial charge in [-0.15, -0.1) is 0 Å². The van der Waals surface area contributed by atoms with Crippen LogP contribution in [0.5, 0.6) is 0 Å². The second-order valence-corrected chi connectivity index (χ2v) is 29.3. The van der Waals surface area contributed by atoms with Gasteiger partial charge in [0.1, 0.15) is 24.2 Å². The molecule has 0 radical (unpaired) electrons. The number of hydrogen-bond donors (Lipinski definition) is 7. The molecule has 0 saturated carbocycles. The van der Waals surface area contributed by atoms with Crippen molar-refractivity contribution in [2.45, 2.75) is 166 Å². The zero-order chi connectivity index (χ0) is 57.5. The van der Waals surface area contributed by atoms with Crippen LogP contribution in [0.1, 0.15) is 123 Å². The first-order chi connectivity index (χ1) is 38.1. The number of fused-ring (bicyclic) bond motifs is 2. The molecule has 2 aliphatic carbocycles. The Bertz CT molecular complexity index is 2890. The molecule has 428 valence electrons. The van der Waals surface area contributed by atoms with E-state index < -0.39 is 55.8 Å². The molecule has 0 spiro atoms. The van der Waals surface area contributed by atoms with Crippen LogP contribution in [0.25, 0.3) is 0 Å². The zero-order valence-electron chi connectivity index (χ0n) is 48.1. The van der Waals surface area contributed by atoms with E-state index >= 15 is 0 Å². The number of likely N-dealkylation sites (N-methyl/N-ethyl adjacent to an activating group) is 2. The number of likely N-dealkylation sites (tertiary alicyclic amines) is 1. The van der Waals surface area contributed by atoms with Crippen molar-refractivity contribution in [3.63, 3.8) is 0 Å². The first kappa shape index (κ1) is 59.4. The predicted molar refractivity (Wildman–Crippen MR) is 312 cm³/mol. The Balaban J connectivity index is 0.900. The van der Waals surface area contributed by atoms with Crippen LogP contribution in [-0.2, 0) is 59.4 Å². The maximum atomic E-state index is 14.7. The van der Waals surface area contributed by atoms with Gasteiger partial charge in [0.25, 0.3) is 5.91 Å². The van der Waals surface area contributed by atoms with Crippen LogP contribution in [0.2, 0.25) is 19.1 Å². The summed E-state index contributed by atoms with van der Waals surface area (Å²) in [6.07, 6.45) is 5.88. The van der Waals surface area contributed by atoms with Gasteiger partial charge in [-0.1, -0.05) is 107 Å². The van der Waals surface area contributed by atoms with E-state index in [4.69, 9.17) is 4.74 Å². The summed E-state index contributed by atoms with van der Waals surface area (Å²) in [5.41, 5.74) is 6.49. The van der Waals surface area contributed by atoms with Crippen LogP contribution >= 0.6 is 0 Å². The van der Waals surface area contributed by atoms with Gasteiger partial charge in [-0.3, -0.25) is 33.6 Å². The van der Waals surface area contributed by atoms with E-state index in [-0.39, 0.29) is 79.4 Å². The average molecular weight is 1110 g/mol. The standard InChI is InChI=1S/C62H83N9O8Si/c1-38(63-6)55(72)68-51(60(77)71-37-80(8,9)36-53(71)59(76)67-50-23-15-19-43-17-11-13-21-48(43)50)32-40-26-30-45(31-27-40)65-57(74)44-28-24-41(25-29-44)35-79-46-33-52(58(75)66-49-22-14-18-42-16-10-12-20-47(42)49)70(34-46)61(78)54(62(3,4)5)69-56(73)39(2)64-7/h10-13,16-17,20-21,24-31,38-39,46,49-54,63-64H,14-15,18-19,22-23,32-37H2,1-9H3,(H,65,74)(H,66,75)(H,67,76)(H,68,72)(H,69,73)/t38?,39?,46-,49+,50+,51?,52-,53?,54?/m0/s1. The molecule has 17 nitrogen and oxygen atoms in total. The maximum absolute atomic E-state index is 14.7. The Morgan fingerprint density at radius 3 is 1.76 bits per heavy atom. The van der Waals surface area contributed by atoms with Crippen LogP contribution < -0.4 is 37.2 Å². The van der Waals surface area contributed by atoms with Gasteiger partial charge in [0.15, 0.2) is 0 Å². The number of nitrogens with one attached hydrogen (secondary N) is 7. The Kier molecular flexibility index (Phi) is 19.2. The van der Waals surface area contributed by atoms with Crippen LogP contribution in [0.15, 0.2) is 97.1 Å². The van der Waals surface area contributed by atoms with Gasteiger partial charge in [0.2, 0.25) is 35.4 Å². The fraction of sp³-hybridized carbons (Fsp3) is 0.500. The second-order valence-electron chi connectivity index (χ2n) is 24.3. The van der Waals surface area contributed by atoms with Gasteiger partial charge < -0.3 is 51.8 Å². The van der Waals surface area contributed by atoms with Crippen molar-refractivity contribution >= 4 is 55.1 Å². The number of carbonyl (C=O) groups is 7. The molecule has 8 rings (SSSR count). The Labute approximate surface area is 472 Å². The predicted octanol–water partition coefficient (Wildman–Crippen LogP) is 6.05. The zero-order valence-corrected chi connectivity index (χ0v) is 49.1. The fourth-order valence-corrected chi connectivity index (χ4v) is 14.5. The summed E-state index contributed by atoms with van der Waals surface area (Å²) in [5.74, 6) is -2.05. The molecule has 5 unspecified atom stereocenters. The summed E-state index contributed by atoms with van der Waals surface area (Å²) in [4.78, 5) is 101. The lowest BCUT2D eigenvalue weighted by atomic mass is 9.85. The van der Waals surface area contributed by atoms with Gasteiger partial charge in [0, 0.05) is 36.8 Å². The molecule has 0 aromatic heterocycles. The SMILES string of the molecule is CNC(C)C(=O)NC(Cc1ccc(NC(=O)c2ccc(CO[C@H]3C[C@@H](C(=O)N[C@@H]4CCCc5ccccc54)N(C(=O)C(NC(=O)C(C)NC)C(C)(C)C)C3)cc2)cc1)C(=O)N1C[Si](C)(C)CC1C(=O)N[C@@H]1CCCc2ccccc21. The quantitative estimate of drug-likeness (QED) is 0.0540. The highest BCUT2D eigenvalue weighted by atomic mass is 28.3. The summed E-state index contributed by atoms with van der Waals surface area (Å²) in [5, 5.41) is 21.4. The highest BCUT2D eigenvalue weighted by Gasteiger charge is 2.48. The third-order valence-corrected chi connectivity index (χ3v) is 19.2. The highest BCUT2D eigenvalue weighted by Crippen LogP contribution is 2.35. The van der Waals surface area contributed by atoms with Crippen molar-refractivity contribution < 1.29 is 38.3 Å². The lowest BCUT2D eigenvalue weighted by Gasteiger charge is -2.36. The maximum Gasteiger partial charge on any atom is 0.255 e. The Morgan fingerprint density at radius 1 is 0.662 bits per heavy atom. The number of rotatable bonds is 19.